The molecule has 0 saturated heterocycles. The maximum absolute atomic E-state index is 12.2. The van der Waals surface area contributed by atoms with Crippen molar-refractivity contribution in [1.82, 2.24) is 15.5 Å². The Labute approximate surface area is 198 Å². The average molecular weight is 453 g/mol. The van der Waals surface area contributed by atoms with E-state index in [-0.39, 0.29) is 27.3 Å². The summed E-state index contributed by atoms with van der Waals surface area (Å²) in [6, 6.07) is 0. The van der Waals surface area contributed by atoms with Crippen molar-refractivity contribution in [3.63, 3.8) is 0 Å². The van der Waals surface area contributed by atoms with E-state index in [4.69, 9.17) is 4.65 Å². The number of hydrogen-bond donors (Lipinski definition) is 3. The maximum Gasteiger partial charge on any atom is 0.293 e. The molecule has 0 aromatic heterocycles. The first-order valence-corrected chi connectivity index (χ1v) is 12.2. The molecule has 1 radical (unpaired) electrons. The van der Waals surface area contributed by atoms with Crippen LogP contribution in [-0.2, 0) is 9.45 Å². The molecule has 1 amide bonds. The Morgan fingerprint density at radius 1 is 1.26 bits per heavy atom. The zero-order valence-corrected chi connectivity index (χ0v) is 22.6. The van der Waals surface area contributed by atoms with Gasteiger partial charge in [0.2, 0.25) is 5.91 Å². The molecule has 1 spiro atoms. The van der Waals surface area contributed by atoms with Gasteiger partial charge in [-0.1, -0.05) is 19.2 Å². The number of rotatable bonds is 8. The highest BCUT2D eigenvalue weighted by Crippen LogP contribution is 2.52. The van der Waals surface area contributed by atoms with Crippen LogP contribution in [0.2, 0.25) is 6.32 Å². The van der Waals surface area contributed by atoms with Crippen LogP contribution in [0.25, 0.3) is 0 Å². The lowest BCUT2D eigenvalue weighted by molar-refractivity contribution is -0.134. The summed E-state index contributed by atoms with van der Waals surface area (Å²) >= 11 is 4.65. The number of carbonyl (C=O) groups is 1. The molecular weight excluding hydrogens is 405 g/mol. The van der Waals surface area contributed by atoms with Crippen molar-refractivity contribution < 1.29 is 9.45 Å². The fourth-order valence-corrected chi connectivity index (χ4v) is 4.36. The van der Waals surface area contributed by atoms with E-state index in [9.17, 15) is 4.79 Å². The molecule has 0 aromatic carbocycles. The average Bonchev–Trinajstić information content (AvgIpc) is 3.03. The minimum absolute atomic E-state index is 0.00170. The summed E-state index contributed by atoms with van der Waals surface area (Å²) in [4.78, 5) is 14.2. The summed E-state index contributed by atoms with van der Waals surface area (Å²) < 4.78 is 5.80. The standard InChI is InChI=1S/C22H40BN2O2S.C2H7N/c1-16(26)25-15-18(24-19(2,3)4)22(25)13-9-11-17(22)12-10-14-23-27-20(5,6)21(7,8)28;1-3-2/h15,17,24,28H,9-14H2,1-8H3;3H,1-2H3. The van der Waals surface area contributed by atoms with Gasteiger partial charge >= 0.3 is 0 Å². The second kappa shape index (κ2) is 11.0. The Hall–Kier alpha value is -0.655. The smallest absolute Gasteiger partial charge is 0.293 e. The molecule has 1 heterocycles. The van der Waals surface area contributed by atoms with E-state index in [2.05, 4.69) is 71.7 Å². The minimum atomic E-state index is -0.309. The molecule has 2 unspecified atom stereocenters. The zero-order chi connectivity index (χ0) is 24.1. The van der Waals surface area contributed by atoms with Crippen LogP contribution in [0.3, 0.4) is 0 Å². The first-order valence-electron chi connectivity index (χ1n) is 11.7. The first kappa shape index (κ1) is 28.4. The van der Waals surface area contributed by atoms with E-state index in [0.29, 0.717) is 5.92 Å². The van der Waals surface area contributed by atoms with Crippen LogP contribution in [0.1, 0.15) is 87.5 Å². The van der Waals surface area contributed by atoms with Crippen molar-refractivity contribution in [1.29, 1.82) is 0 Å². The third kappa shape index (κ3) is 7.16. The Bertz CT molecular complexity index is 625. The van der Waals surface area contributed by atoms with Crippen LogP contribution in [0, 0.1) is 5.92 Å². The molecule has 1 saturated carbocycles. The molecule has 31 heavy (non-hydrogen) atoms. The molecule has 0 aromatic rings. The number of nitrogens with zero attached hydrogens (tertiary/aromatic N) is 1. The summed E-state index contributed by atoms with van der Waals surface area (Å²) in [5.74, 6) is 0.660. The monoisotopic (exact) mass is 452 g/mol. The van der Waals surface area contributed by atoms with E-state index >= 15 is 0 Å². The second-order valence-corrected chi connectivity index (χ2v) is 12.2. The van der Waals surface area contributed by atoms with Crippen LogP contribution < -0.4 is 10.6 Å². The molecular formula is C24H47BN3O2S. The lowest BCUT2D eigenvalue weighted by Crippen LogP contribution is -2.64. The van der Waals surface area contributed by atoms with E-state index in [0.717, 1.165) is 25.6 Å². The van der Waals surface area contributed by atoms with Gasteiger partial charge in [-0.3, -0.25) is 4.79 Å². The fourth-order valence-electron chi connectivity index (χ4n) is 4.31. The third-order valence-electron chi connectivity index (χ3n) is 6.52. The first-order chi connectivity index (χ1) is 14.1. The van der Waals surface area contributed by atoms with Gasteiger partial charge in [-0.05, 0) is 87.7 Å². The van der Waals surface area contributed by atoms with Crippen LogP contribution in [-0.4, -0.2) is 53.8 Å². The molecule has 0 bridgehead atoms. The topological polar surface area (TPSA) is 53.6 Å². The largest absolute Gasteiger partial charge is 0.434 e. The van der Waals surface area contributed by atoms with Gasteiger partial charge in [-0.25, -0.2) is 0 Å². The quantitative estimate of drug-likeness (QED) is 0.282. The molecule has 179 valence electrons. The molecule has 2 N–H and O–H groups in total. The Morgan fingerprint density at radius 3 is 2.32 bits per heavy atom. The van der Waals surface area contributed by atoms with Gasteiger partial charge in [0.05, 0.1) is 16.8 Å². The molecule has 5 nitrogen and oxygen atoms in total. The Balaban J connectivity index is 0.00000151. The normalized spacial score (nSPS) is 23.6. The van der Waals surface area contributed by atoms with Crippen molar-refractivity contribution in [3.05, 3.63) is 11.9 Å². The van der Waals surface area contributed by atoms with Crippen LogP contribution >= 0.6 is 12.6 Å². The van der Waals surface area contributed by atoms with Crippen molar-refractivity contribution in [2.24, 2.45) is 5.92 Å². The van der Waals surface area contributed by atoms with Crippen LogP contribution in [0.5, 0.6) is 0 Å². The number of thiol groups is 1. The molecule has 2 aliphatic rings. The van der Waals surface area contributed by atoms with E-state index in [1.165, 1.54) is 18.5 Å². The minimum Gasteiger partial charge on any atom is -0.434 e. The number of carbonyl (C=O) groups excluding carboxylic acids is 1. The van der Waals surface area contributed by atoms with Gasteiger partial charge in [-0.15, -0.1) is 0 Å². The SMILES string of the molecule is CC(=O)N1C=C(NC(C)(C)C)C12CCCC2CCC[B]OC(C)(C)C(C)(C)S.CNC. The summed E-state index contributed by atoms with van der Waals surface area (Å²) in [6.07, 6.45) is 8.56. The zero-order valence-electron chi connectivity index (χ0n) is 21.7. The van der Waals surface area contributed by atoms with E-state index in [1.807, 2.05) is 32.7 Å². The fraction of sp³-hybridized carbons (Fsp3) is 0.875. The molecule has 1 aliphatic carbocycles. The van der Waals surface area contributed by atoms with Crippen LogP contribution in [0.4, 0.5) is 0 Å². The summed E-state index contributed by atoms with van der Waals surface area (Å²) in [7, 11) is 5.70. The van der Waals surface area contributed by atoms with Crippen molar-refractivity contribution >= 4 is 26.0 Å². The number of nitrogens with one attached hydrogen (secondary N) is 2. The van der Waals surface area contributed by atoms with Crippen molar-refractivity contribution in [2.75, 3.05) is 14.1 Å². The van der Waals surface area contributed by atoms with E-state index < -0.39 is 0 Å². The van der Waals surface area contributed by atoms with Crippen LogP contribution in [0.15, 0.2) is 11.9 Å². The molecule has 2 atom stereocenters. The highest BCUT2D eigenvalue weighted by molar-refractivity contribution is 7.81. The Kier molecular flexibility index (Phi) is 10.0. The Morgan fingerprint density at radius 2 is 1.84 bits per heavy atom. The predicted molar refractivity (Wildman–Crippen MR) is 137 cm³/mol. The maximum atomic E-state index is 12.2. The van der Waals surface area contributed by atoms with Gasteiger partial charge in [0.15, 0.2) is 0 Å². The second-order valence-electron chi connectivity index (χ2n) is 11.1. The third-order valence-corrected chi connectivity index (χ3v) is 7.05. The van der Waals surface area contributed by atoms with Crippen molar-refractivity contribution in [3.8, 4) is 0 Å². The summed E-state index contributed by atoms with van der Waals surface area (Å²) in [5.41, 5.74) is 0.820. The molecule has 1 fully saturated rings. The summed E-state index contributed by atoms with van der Waals surface area (Å²) in [6.45, 7) is 16.5. The summed E-state index contributed by atoms with van der Waals surface area (Å²) in [5, 5.41) is 6.42. The lowest BCUT2D eigenvalue weighted by atomic mass is 9.73. The van der Waals surface area contributed by atoms with Gasteiger partial charge in [0.25, 0.3) is 7.48 Å². The molecule has 2 rings (SSSR count). The lowest BCUT2D eigenvalue weighted by Gasteiger charge is -2.54. The molecule has 7 heteroatoms. The molecule has 1 aliphatic heterocycles. The highest BCUT2D eigenvalue weighted by atomic mass is 32.1. The van der Waals surface area contributed by atoms with Gasteiger partial charge in [0.1, 0.15) is 0 Å². The van der Waals surface area contributed by atoms with E-state index in [1.54, 1.807) is 6.92 Å². The van der Waals surface area contributed by atoms with Gasteiger partial charge < -0.3 is 20.2 Å². The van der Waals surface area contributed by atoms with Gasteiger partial charge in [-0.2, -0.15) is 12.6 Å². The number of amides is 1. The predicted octanol–water partition coefficient (Wildman–Crippen LogP) is 4.77. The number of hydrogen-bond acceptors (Lipinski definition) is 5. The highest BCUT2D eigenvalue weighted by Gasteiger charge is 2.56. The van der Waals surface area contributed by atoms with Gasteiger partial charge in [0, 0.05) is 23.4 Å². The van der Waals surface area contributed by atoms with Crippen molar-refractivity contribution in [2.45, 2.75) is 115 Å².